The van der Waals surface area contributed by atoms with E-state index >= 15 is 0 Å². The van der Waals surface area contributed by atoms with Gasteiger partial charge < -0.3 is 9.67 Å². The summed E-state index contributed by atoms with van der Waals surface area (Å²) in [6.07, 6.45) is 8.49. The Morgan fingerprint density at radius 3 is 2.88 bits per heavy atom. The van der Waals surface area contributed by atoms with Crippen LogP contribution in [0.5, 0.6) is 0 Å². The molecule has 0 spiro atoms. The highest BCUT2D eigenvalue weighted by Gasteiger charge is 2.40. The Morgan fingerprint density at radius 2 is 2.24 bits per heavy atom. The van der Waals surface area contributed by atoms with E-state index in [-0.39, 0.29) is 0 Å². The van der Waals surface area contributed by atoms with Crippen LogP contribution in [0.2, 0.25) is 0 Å². The summed E-state index contributed by atoms with van der Waals surface area (Å²) in [7, 11) is 0. The lowest BCUT2D eigenvalue weighted by molar-refractivity contribution is -0.107. The molecule has 0 bridgehead atoms. The third-order valence-electron chi connectivity index (χ3n) is 3.82. The molecule has 0 unspecified atom stereocenters. The van der Waals surface area contributed by atoms with Gasteiger partial charge in [0.05, 0.1) is 17.6 Å². The smallest absolute Gasteiger partial charge is 0.0951 e. The molecule has 2 fully saturated rings. The van der Waals surface area contributed by atoms with E-state index in [9.17, 15) is 5.11 Å². The highest BCUT2D eigenvalue weighted by atomic mass is 16.3. The molecule has 1 aliphatic heterocycles. The highest BCUT2D eigenvalue weighted by Crippen LogP contribution is 2.36. The molecular weight excluding hydrogens is 214 g/mol. The van der Waals surface area contributed by atoms with Gasteiger partial charge in [-0.2, -0.15) is 0 Å². The van der Waals surface area contributed by atoms with Crippen LogP contribution in [0.15, 0.2) is 12.5 Å². The zero-order chi connectivity index (χ0) is 11.9. The maximum atomic E-state index is 10.1. The SMILES string of the molecule is CCCC1(O)CN(Cc2cncn2C2CC2)C1. The maximum absolute atomic E-state index is 10.1. The lowest BCUT2D eigenvalue weighted by atomic mass is 9.89. The van der Waals surface area contributed by atoms with Crippen LogP contribution in [0.1, 0.15) is 44.3 Å². The third-order valence-corrected chi connectivity index (χ3v) is 3.82. The second-order valence-corrected chi connectivity index (χ2v) is 5.64. The summed E-state index contributed by atoms with van der Waals surface area (Å²) < 4.78 is 2.30. The monoisotopic (exact) mass is 235 g/mol. The molecule has 94 valence electrons. The Hall–Kier alpha value is -0.870. The standard InChI is InChI=1S/C13H21N3O/c1-2-5-13(17)8-15(9-13)7-12-6-14-10-16(12)11-3-4-11/h6,10-11,17H,2-5,7-9H2,1H3. The maximum Gasteiger partial charge on any atom is 0.0951 e. The second kappa shape index (κ2) is 4.10. The van der Waals surface area contributed by atoms with Crippen molar-refractivity contribution in [2.45, 2.75) is 50.8 Å². The van der Waals surface area contributed by atoms with Gasteiger partial charge >= 0.3 is 0 Å². The van der Waals surface area contributed by atoms with Crippen LogP contribution in [0.3, 0.4) is 0 Å². The Labute approximate surface area is 102 Å². The van der Waals surface area contributed by atoms with Gasteiger partial charge in [0.1, 0.15) is 0 Å². The van der Waals surface area contributed by atoms with Crippen molar-refractivity contribution in [1.29, 1.82) is 0 Å². The quantitative estimate of drug-likeness (QED) is 0.842. The number of β-amino-alcohol motifs (C(OH)–C–C–N with tert-alkyl or cyclic N) is 1. The van der Waals surface area contributed by atoms with E-state index in [2.05, 4.69) is 21.4 Å². The predicted octanol–water partition coefficient (Wildman–Crippen LogP) is 1.56. The Morgan fingerprint density at radius 1 is 1.47 bits per heavy atom. The summed E-state index contributed by atoms with van der Waals surface area (Å²) in [6.45, 7) is 4.69. The van der Waals surface area contributed by atoms with Crippen molar-refractivity contribution in [3.05, 3.63) is 18.2 Å². The first kappa shape index (κ1) is 11.2. The summed E-state index contributed by atoms with van der Waals surface area (Å²) in [6, 6.07) is 0.698. The van der Waals surface area contributed by atoms with Gasteiger partial charge in [0, 0.05) is 31.9 Å². The van der Waals surface area contributed by atoms with Crippen LogP contribution in [0, 0.1) is 0 Å². The van der Waals surface area contributed by atoms with Crippen LogP contribution in [0.25, 0.3) is 0 Å². The fraction of sp³-hybridized carbons (Fsp3) is 0.769. The molecular formula is C13H21N3O. The van der Waals surface area contributed by atoms with Crippen molar-refractivity contribution < 1.29 is 5.11 Å². The molecule has 0 aromatic carbocycles. The van der Waals surface area contributed by atoms with Gasteiger partial charge in [-0.3, -0.25) is 4.90 Å². The van der Waals surface area contributed by atoms with Crippen molar-refractivity contribution in [1.82, 2.24) is 14.5 Å². The predicted molar refractivity (Wildman–Crippen MR) is 65.6 cm³/mol. The molecule has 1 aliphatic carbocycles. The van der Waals surface area contributed by atoms with E-state index in [1.165, 1.54) is 18.5 Å². The fourth-order valence-electron chi connectivity index (χ4n) is 2.89. The van der Waals surface area contributed by atoms with Gasteiger partial charge in [-0.25, -0.2) is 4.98 Å². The minimum atomic E-state index is -0.417. The molecule has 1 aromatic heterocycles. The molecule has 1 N–H and O–H groups in total. The van der Waals surface area contributed by atoms with Crippen LogP contribution >= 0.6 is 0 Å². The molecule has 1 aromatic rings. The van der Waals surface area contributed by atoms with E-state index in [4.69, 9.17) is 0 Å². The highest BCUT2D eigenvalue weighted by molar-refractivity contribution is 5.06. The zero-order valence-electron chi connectivity index (χ0n) is 10.5. The zero-order valence-corrected chi connectivity index (χ0v) is 10.5. The molecule has 4 heteroatoms. The van der Waals surface area contributed by atoms with Crippen molar-refractivity contribution in [2.24, 2.45) is 0 Å². The minimum Gasteiger partial charge on any atom is -0.387 e. The lowest BCUT2D eigenvalue weighted by Gasteiger charge is -2.46. The molecule has 2 aliphatic rings. The van der Waals surface area contributed by atoms with E-state index < -0.39 is 5.60 Å². The molecule has 4 nitrogen and oxygen atoms in total. The second-order valence-electron chi connectivity index (χ2n) is 5.64. The first-order valence-electron chi connectivity index (χ1n) is 6.66. The van der Waals surface area contributed by atoms with E-state index in [0.717, 1.165) is 32.5 Å². The lowest BCUT2D eigenvalue weighted by Crippen LogP contribution is -2.61. The number of nitrogens with zero attached hydrogens (tertiary/aromatic N) is 3. The largest absolute Gasteiger partial charge is 0.387 e. The normalized spacial score (nSPS) is 23.6. The van der Waals surface area contributed by atoms with E-state index in [1.54, 1.807) is 0 Å². The van der Waals surface area contributed by atoms with Gasteiger partial charge in [-0.15, -0.1) is 0 Å². The average Bonchev–Trinajstić information content (AvgIpc) is 2.98. The number of imidazole rings is 1. The average molecular weight is 235 g/mol. The van der Waals surface area contributed by atoms with Crippen LogP contribution < -0.4 is 0 Å². The van der Waals surface area contributed by atoms with Gasteiger partial charge in [0.2, 0.25) is 0 Å². The number of aliphatic hydroxyl groups is 1. The third kappa shape index (κ3) is 2.24. The number of likely N-dealkylation sites (tertiary alicyclic amines) is 1. The summed E-state index contributed by atoms with van der Waals surface area (Å²) in [4.78, 5) is 6.55. The Kier molecular flexibility index (Phi) is 2.71. The van der Waals surface area contributed by atoms with Crippen molar-refractivity contribution in [2.75, 3.05) is 13.1 Å². The Balaban J connectivity index is 1.56. The molecule has 0 radical (unpaired) electrons. The molecule has 2 heterocycles. The van der Waals surface area contributed by atoms with Gasteiger partial charge in [0.15, 0.2) is 0 Å². The molecule has 1 saturated carbocycles. The first-order chi connectivity index (χ1) is 8.20. The topological polar surface area (TPSA) is 41.3 Å². The van der Waals surface area contributed by atoms with Gasteiger partial charge in [-0.05, 0) is 19.3 Å². The van der Waals surface area contributed by atoms with Crippen molar-refractivity contribution >= 4 is 0 Å². The van der Waals surface area contributed by atoms with E-state index in [0.29, 0.717) is 6.04 Å². The molecule has 1 saturated heterocycles. The van der Waals surface area contributed by atoms with Gasteiger partial charge in [0.25, 0.3) is 0 Å². The van der Waals surface area contributed by atoms with Crippen LogP contribution in [-0.2, 0) is 6.54 Å². The summed E-state index contributed by atoms with van der Waals surface area (Å²) in [5.41, 5.74) is 0.880. The number of aromatic nitrogens is 2. The minimum absolute atomic E-state index is 0.417. The number of hydrogen-bond donors (Lipinski definition) is 1. The fourth-order valence-corrected chi connectivity index (χ4v) is 2.89. The van der Waals surface area contributed by atoms with Crippen molar-refractivity contribution in [3.63, 3.8) is 0 Å². The number of rotatable bonds is 5. The van der Waals surface area contributed by atoms with E-state index in [1.807, 2.05) is 12.5 Å². The molecule has 0 atom stereocenters. The summed E-state index contributed by atoms with van der Waals surface area (Å²) >= 11 is 0. The summed E-state index contributed by atoms with van der Waals surface area (Å²) in [5.74, 6) is 0. The summed E-state index contributed by atoms with van der Waals surface area (Å²) in [5, 5.41) is 10.1. The molecule has 0 amide bonds. The van der Waals surface area contributed by atoms with Crippen LogP contribution in [0.4, 0.5) is 0 Å². The molecule has 3 rings (SSSR count). The first-order valence-corrected chi connectivity index (χ1v) is 6.66. The Bertz CT molecular complexity index is 391. The van der Waals surface area contributed by atoms with Gasteiger partial charge in [-0.1, -0.05) is 13.3 Å². The van der Waals surface area contributed by atoms with Crippen LogP contribution in [-0.4, -0.2) is 38.2 Å². The molecule has 17 heavy (non-hydrogen) atoms. The number of hydrogen-bond acceptors (Lipinski definition) is 3. The van der Waals surface area contributed by atoms with Crippen molar-refractivity contribution in [3.8, 4) is 0 Å².